The molecule has 0 N–H and O–H groups in total. The quantitative estimate of drug-likeness (QED) is 0.672. The van der Waals surface area contributed by atoms with Crippen LogP contribution in [0.1, 0.15) is 72.1 Å². The molecule has 4 aliphatic carbocycles. The van der Waals surface area contributed by atoms with Gasteiger partial charge in [0.25, 0.3) is 0 Å². The largest absolute Gasteiger partial charge is 0.458 e. The first-order chi connectivity index (χ1) is 13.2. The normalized spacial score (nSPS) is 47.6. The maximum atomic E-state index is 15.3. The van der Waals surface area contributed by atoms with E-state index in [-0.39, 0.29) is 40.8 Å². The average Bonchev–Trinajstić information content (AvgIpc) is 2.99. The van der Waals surface area contributed by atoms with E-state index in [4.69, 9.17) is 4.74 Å². The van der Waals surface area contributed by atoms with E-state index in [0.29, 0.717) is 37.0 Å². The predicted octanol–water partition coefficient (Wildman–Crippen LogP) is 4.29. The zero-order valence-corrected chi connectivity index (χ0v) is 17.3. The van der Waals surface area contributed by atoms with Crippen LogP contribution < -0.4 is 0 Å². The van der Waals surface area contributed by atoms with Gasteiger partial charge in [0.1, 0.15) is 18.6 Å². The first kappa shape index (κ1) is 20.0. The number of hydrogen-bond acceptors (Lipinski definition) is 4. The third-order valence-electron chi connectivity index (χ3n) is 9.26. The molecule has 28 heavy (non-hydrogen) atoms. The Hall–Kier alpha value is -1.26. The monoisotopic (exact) mass is 392 g/mol. The van der Waals surface area contributed by atoms with Crippen LogP contribution >= 0.6 is 0 Å². The molecule has 0 radical (unpaired) electrons. The van der Waals surface area contributed by atoms with Crippen molar-refractivity contribution >= 4 is 17.5 Å². The van der Waals surface area contributed by atoms with E-state index in [1.807, 2.05) is 0 Å². The Morgan fingerprint density at radius 3 is 2.50 bits per heavy atom. The number of hydrogen-bond donors (Lipinski definition) is 0. The van der Waals surface area contributed by atoms with Gasteiger partial charge >= 0.3 is 5.97 Å². The molecule has 8 atom stereocenters. The van der Waals surface area contributed by atoms with Gasteiger partial charge in [0.05, 0.1) is 0 Å². The number of carbonyl (C=O) groups is 3. The maximum absolute atomic E-state index is 15.3. The van der Waals surface area contributed by atoms with Crippen molar-refractivity contribution in [2.45, 2.75) is 78.3 Å². The van der Waals surface area contributed by atoms with E-state index in [1.54, 1.807) is 0 Å². The highest BCUT2D eigenvalue weighted by Gasteiger charge is 2.63. The first-order valence-corrected chi connectivity index (χ1v) is 11.0. The molecule has 4 saturated carbocycles. The van der Waals surface area contributed by atoms with Crippen molar-refractivity contribution in [3.8, 4) is 0 Å². The summed E-state index contributed by atoms with van der Waals surface area (Å²) in [6, 6.07) is 0. The van der Waals surface area contributed by atoms with E-state index < -0.39 is 12.1 Å². The zero-order chi connectivity index (χ0) is 20.3. The van der Waals surface area contributed by atoms with Crippen molar-refractivity contribution in [1.29, 1.82) is 0 Å². The molecular weight excluding hydrogens is 359 g/mol. The molecular formula is C23H33FO4. The highest BCUT2D eigenvalue weighted by molar-refractivity contribution is 5.85. The van der Waals surface area contributed by atoms with Crippen LogP contribution in [0.2, 0.25) is 0 Å². The summed E-state index contributed by atoms with van der Waals surface area (Å²) in [5, 5.41) is 0. The smallest absolute Gasteiger partial charge is 0.303 e. The summed E-state index contributed by atoms with van der Waals surface area (Å²) in [6.07, 6.45) is 5.22. The van der Waals surface area contributed by atoms with Crippen molar-refractivity contribution in [3.05, 3.63) is 0 Å². The van der Waals surface area contributed by atoms with E-state index in [1.165, 1.54) is 6.92 Å². The van der Waals surface area contributed by atoms with Crippen LogP contribution in [0.15, 0.2) is 0 Å². The molecule has 0 amide bonds. The molecule has 0 aromatic carbocycles. The topological polar surface area (TPSA) is 60.4 Å². The molecule has 0 saturated heterocycles. The van der Waals surface area contributed by atoms with E-state index in [0.717, 1.165) is 32.1 Å². The Kier molecular flexibility index (Phi) is 4.95. The summed E-state index contributed by atoms with van der Waals surface area (Å²) in [5.74, 6) is 0.727. The van der Waals surface area contributed by atoms with E-state index in [2.05, 4.69) is 13.8 Å². The predicted molar refractivity (Wildman–Crippen MR) is 102 cm³/mol. The van der Waals surface area contributed by atoms with Crippen molar-refractivity contribution in [1.82, 2.24) is 0 Å². The van der Waals surface area contributed by atoms with Gasteiger partial charge in [-0.15, -0.1) is 0 Å². The number of rotatable bonds is 3. The van der Waals surface area contributed by atoms with Gasteiger partial charge in [-0.1, -0.05) is 13.8 Å². The fourth-order valence-corrected chi connectivity index (χ4v) is 7.84. The third-order valence-corrected chi connectivity index (χ3v) is 9.26. The molecule has 5 heteroatoms. The summed E-state index contributed by atoms with van der Waals surface area (Å²) in [5.41, 5.74) is -0.205. The van der Waals surface area contributed by atoms with E-state index in [9.17, 15) is 14.4 Å². The fourth-order valence-electron chi connectivity index (χ4n) is 7.84. The molecule has 0 aliphatic heterocycles. The van der Waals surface area contributed by atoms with Gasteiger partial charge in [-0.05, 0) is 67.1 Å². The molecule has 0 heterocycles. The van der Waals surface area contributed by atoms with Crippen LogP contribution in [-0.2, 0) is 19.1 Å². The van der Waals surface area contributed by atoms with Gasteiger partial charge in [-0.3, -0.25) is 14.4 Å². The Morgan fingerprint density at radius 1 is 1.07 bits per heavy atom. The maximum Gasteiger partial charge on any atom is 0.303 e. The number of carbonyl (C=O) groups excluding carboxylic acids is 3. The van der Waals surface area contributed by atoms with E-state index >= 15 is 4.39 Å². The zero-order valence-electron chi connectivity index (χ0n) is 17.3. The Bertz CT molecular complexity index is 690. The Morgan fingerprint density at radius 2 is 1.79 bits per heavy atom. The standard InChI is InChI=1S/C23H33FO4/c1-13(25)28-12-21(27)18-5-4-16-15-11-20(24)19-10-14(26)6-8-23(19,3)17(15)7-9-22(16,18)2/h15-20H,4-12H2,1-3H3/t15-,16-,17-,18+,19-,20-,22-,23+/m0/s1. The number of fused-ring (bicyclic) bond motifs is 5. The number of alkyl halides is 1. The molecule has 4 nitrogen and oxygen atoms in total. The van der Waals surface area contributed by atoms with Crippen LogP contribution in [0.25, 0.3) is 0 Å². The number of ketones is 2. The molecule has 0 aromatic rings. The minimum Gasteiger partial charge on any atom is -0.458 e. The minimum absolute atomic E-state index is 0.0265. The van der Waals surface area contributed by atoms with Crippen molar-refractivity contribution in [2.75, 3.05) is 6.61 Å². The lowest BCUT2D eigenvalue weighted by atomic mass is 9.44. The third kappa shape index (κ3) is 2.95. The van der Waals surface area contributed by atoms with Crippen molar-refractivity contribution in [2.24, 2.45) is 40.4 Å². The van der Waals surface area contributed by atoms with Gasteiger partial charge in [-0.25, -0.2) is 4.39 Å². The summed E-state index contributed by atoms with van der Waals surface area (Å²) in [4.78, 5) is 35.9. The van der Waals surface area contributed by atoms with Crippen LogP contribution in [-0.4, -0.2) is 30.3 Å². The Labute approximate surface area is 167 Å². The molecule has 4 rings (SSSR count). The molecule has 4 fully saturated rings. The lowest BCUT2D eigenvalue weighted by Gasteiger charge is -2.60. The highest BCUT2D eigenvalue weighted by Crippen LogP contribution is 2.67. The average molecular weight is 393 g/mol. The van der Waals surface area contributed by atoms with Crippen molar-refractivity contribution in [3.63, 3.8) is 0 Å². The molecule has 156 valence electrons. The molecule has 0 spiro atoms. The second kappa shape index (κ2) is 6.91. The van der Waals surface area contributed by atoms with Gasteiger partial charge in [0, 0.05) is 31.6 Å². The Balaban J connectivity index is 1.56. The number of halogens is 1. The van der Waals surface area contributed by atoms with Crippen LogP contribution in [0, 0.1) is 40.4 Å². The number of esters is 1. The summed E-state index contributed by atoms with van der Waals surface area (Å²) >= 11 is 0. The van der Waals surface area contributed by atoms with Gasteiger partial charge < -0.3 is 4.74 Å². The number of ether oxygens (including phenoxy) is 1. The summed E-state index contributed by atoms with van der Waals surface area (Å²) in [6.45, 7) is 5.63. The van der Waals surface area contributed by atoms with Crippen LogP contribution in [0.5, 0.6) is 0 Å². The lowest BCUT2D eigenvalue weighted by Crippen LogP contribution is -2.57. The summed E-state index contributed by atoms with van der Waals surface area (Å²) in [7, 11) is 0. The molecule has 0 bridgehead atoms. The molecule has 4 aliphatic rings. The first-order valence-electron chi connectivity index (χ1n) is 11.0. The molecule has 0 aromatic heterocycles. The molecule has 0 unspecified atom stereocenters. The van der Waals surface area contributed by atoms with Gasteiger partial charge in [0.15, 0.2) is 5.78 Å². The fraction of sp³-hybridized carbons (Fsp3) is 0.870. The van der Waals surface area contributed by atoms with Gasteiger partial charge in [0.2, 0.25) is 0 Å². The second-order valence-corrected chi connectivity index (χ2v) is 10.4. The van der Waals surface area contributed by atoms with Crippen molar-refractivity contribution < 1.29 is 23.5 Å². The van der Waals surface area contributed by atoms with Gasteiger partial charge in [-0.2, -0.15) is 0 Å². The van der Waals surface area contributed by atoms with Crippen LogP contribution in [0.4, 0.5) is 4.39 Å². The highest BCUT2D eigenvalue weighted by atomic mass is 19.1. The summed E-state index contributed by atoms with van der Waals surface area (Å²) < 4.78 is 20.3. The number of Topliss-reactive ketones (excluding diaryl/α,β-unsaturated/α-hetero) is 2. The van der Waals surface area contributed by atoms with Crippen LogP contribution in [0.3, 0.4) is 0 Å². The SMILES string of the molecule is CC(=O)OCC(=O)[C@H]1CC[C@H]2[C@@H]3C[C@H](F)[C@@H]4CC(=O)CC[C@]4(C)[C@H]3CC[C@]12C. The second-order valence-electron chi connectivity index (χ2n) is 10.4. The minimum atomic E-state index is -0.909. The lowest BCUT2D eigenvalue weighted by molar-refractivity contribution is -0.158.